The Kier molecular flexibility index (Phi) is 7.29. The lowest BCUT2D eigenvalue weighted by Crippen LogP contribution is -2.42. The lowest BCUT2D eigenvalue weighted by Gasteiger charge is -2.15. The number of thioether (sulfide) groups is 1. The molecule has 0 radical (unpaired) electrons. The van der Waals surface area contributed by atoms with E-state index >= 15 is 0 Å². The molecule has 0 fully saturated rings. The van der Waals surface area contributed by atoms with E-state index in [0.29, 0.717) is 21.9 Å². The van der Waals surface area contributed by atoms with Gasteiger partial charge in [-0.3, -0.25) is 19.5 Å². The third-order valence-corrected chi connectivity index (χ3v) is 6.52. The highest BCUT2D eigenvalue weighted by Gasteiger charge is 2.22. The summed E-state index contributed by atoms with van der Waals surface area (Å²) in [5.74, 6) is -0.457. The molecule has 0 aliphatic rings. The predicted octanol–water partition coefficient (Wildman–Crippen LogP) is 3.95. The first-order chi connectivity index (χ1) is 14.8. The van der Waals surface area contributed by atoms with E-state index in [-0.39, 0.29) is 12.1 Å². The van der Waals surface area contributed by atoms with Crippen LogP contribution in [0.4, 0.5) is 4.79 Å². The van der Waals surface area contributed by atoms with Crippen molar-refractivity contribution in [3.63, 3.8) is 0 Å². The molecular formula is C22H24N4O3S2. The van der Waals surface area contributed by atoms with Crippen molar-refractivity contribution in [3.05, 3.63) is 58.2 Å². The van der Waals surface area contributed by atoms with Gasteiger partial charge in [0, 0.05) is 24.0 Å². The zero-order valence-corrected chi connectivity index (χ0v) is 19.2. The number of amides is 3. The number of allylic oxidation sites excluding steroid dienone is 1. The Balaban J connectivity index is 1.99. The number of thiophene rings is 1. The van der Waals surface area contributed by atoms with Crippen molar-refractivity contribution in [3.8, 4) is 11.1 Å². The molecule has 3 aromatic rings. The summed E-state index contributed by atoms with van der Waals surface area (Å²) in [6, 6.07) is 7.45. The minimum atomic E-state index is -0.625. The molecule has 2 aromatic heterocycles. The molecule has 1 unspecified atom stereocenters. The standard InChI is InChI=1S/C22H24N4O3S2/c1-5-11-26-20(28)17-16(15-9-7-13(3)8-10-15)12-30-19(17)25-22(26)31-14(4)18(27)24-21(29)23-6-2/h5,7-10,12,14H,1,6,11H2,2-4H3,(H2,23,24,27,29). The van der Waals surface area contributed by atoms with Gasteiger partial charge in [-0.05, 0) is 26.3 Å². The lowest BCUT2D eigenvalue weighted by molar-refractivity contribution is -0.119. The zero-order chi connectivity index (χ0) is 22.5. The van der Waals surface area contributed by atoms with Crippen LogP contribution in [0.15, 0.2) is 52.3 Å². The minimum Gasteiger partial charge on any atom is -0.338 e. The van der Waals surface area contributed by atoms with Gasteiger partial charge in [-0.15, -0.1) is 17.9 Å². The van der Waals surface area contributed by atoms with Gasteiger partial charge < -0.3 is 5.32 Å². The summed E-state index contributed by atoms with van der Waals surface area (Å²) in [5, 5.41) is 7.08. The fraction of sp³-hybridized carbons (Fsp3) is 0.273. The summed E-state index contributed by atoms with van der Waals surface area (Å²) < 4.78 is 1.51. The van der Waals surface area contributed by atoms with E-state index in [4.69, 9.17) is 0 Å². The fourth-order valence-electron chi connectivity index (χ4n) is 2.96. The second-order valence-corrected chi connectivity index (χ2v) is 9.07. The zero-order valence-electron chi connectivity index (χ0n) is 17.6. The predicted molar refractivity (Wildman–Crippen MR) is 127 cm³/mol. The molecule has 3 rings (SSSR count). The van der Waals surface area contributed by atoms with Gasteiger partial charge >= 0.3 is 6.03 Å². The number of nitrogens with zero attached hydrogens (tertiary/aromatic N) is 2. The molecule has 0 aliphatic heterocycles. The molecule has 9 heteroatoms. The Morgan fingerprint density at radius 1 is 1.32 bits per heavy atom. The number of hydrogen-bond donors (Lipinski definition) is 2. The van der Waals surface area contributed by atoms with Gasteiger partial charge in [0.2, 0.25) is 5.91 Å². The molecule has 2 heterocycles. The van der Waals surface area contributed by atoms with Crippen LogP contribution in [0.1, 0.15) is 19.4 Å². The van der Waals surface area contributed by atoms with Crippen molar-refractivity contribution in [1.29, 1.82) is 0 Å². The van der Waals surface area contributed by atoms with Crippen LogP contribution >= 0.6 is 23.1 Å². The Bertz CT molecular complexity index is 1180. The van der Waals surface area contributed by atoms with Crippen molar-refractivity contribution in [2.75, 3.05) is 6.54 Å². The molecule has 0 saturated heterocycles. The highest BCUT2D eigenvalue weighted by molar-refractivity contribution is 8.00. The normalized spacial score (nSPS) is 11.8. The highest BCUT2D eigenvalue weighted by Crippen LogP contribution is 2.33. The second-order valence-electron chi connectivity index (χ2n) is 6.90. The Hall–Kier alpha value is -2.91. The molecule has 1 aromatic carbocycles. The van der Waals surface area contributed by atoms with Crippen LogP contribution in [0.2, 0.25) is 0 Å². The number of nitrogens with one attached hydrogen (secondary N) is 2. The van der Waals surface area contributed by atoms with E-state index in [1.54, 1.807) is 19.9 Å². The first-order valence-electron chi connectivity index (χ1n) is 9.81. The summed E-state index contributed by atoms with van der Waals surface area (Å²) in [6.07, 6.45) is 1.62. The molecule has 2 N–H and O–H groups in total. The van der Waals surface area contributed by atoms with E-state index in [2.05, 4.69) is 22.2 Å². The van der Waals surface area contributed by atoms with Gasteiger partial charge in [0.25, 0.3) is 5.56 Å². The number of carbonyl (C=O) groups is 2. The molecule has 162 valence electrons. The second kappa shape index (κ2) is 9.93. The summed E-state index contributed by atoms with van der Waals surface area (Å²) in [5.41, 5.74) is 2.76. The van der Waals surface area contributed by atoms with E-state index in [1.807, 2.05) is 36.6 Å². The Morgan fingerprint density at radius 2 is 2.03 bits per heavy atom. The quantitative estimate of drug-likeness (QED) is 0.319. The lowest BCUT2D eigenvalue weighted by atomic mass is 10.1. The van der Waals surface area contributed by atoms with Crippen molar-refractivity contribution < 1.29 is 9.59 Å². The van der Waals surface area contributed by atoms with Gasteiger partial charge in [-0.25, -0.2) is 9.78 Å². The number of hydrogen-bond acceptors (Lipinski definition) is 6. The molecule has 7 nitrogen and oxygen atoms in total. The van der Waals surface area contributed by atoms with E-state index in [0.717, 1.165) is 28.5 Å². The number of aromatic nitrogens is 2. The molecule has 0 aliphatic carbocycles. The average molecular weight is 457 g/mol. The number of imide groups is 1. The topological polar surface area (TPSA) is 93.1 Å². The third-order valence-electron chi connectivity index (χ3n) is 4.56. The van der Waals surface area contributed by atoms with Gasteiger partial charge in [0.1, 0.15) is 4.83 Å². The SMILES string of the molecule is C=CCn1c(SC(C)C(=O)NC(=O)NCC)nc2scc(-c3ccc(C)cc3)c2c1=O. The summed E-state index contributed by atoms with van der Waals surface area (Å²) in [4.78, 5) is 42.6. The highest BCUT2D eigenvalue weighted by atomic mass is 32.2. The maximum atomic E-state index is 13.4. The fourth-order valence-corrected chi connectivity index (χ4v) is 4.87. The van der Waals surface area contributed by atoms with Crippen LogP contribution in [-0.4, -0.2) is 33.3 Å². The monoisotopic (exact) mass is 456 g/mol. The van der Waals surface area contributed by atoms with Crippen molar-refractivity contribution >= 4 is 45.3 Å². The summed E-state index contributed by atoms with van der Waals surface area (Å²) in [7, 11) is 0. The van der Waals surface area contributed by atoms with Crippen LogP contribution < -0.4 is 16.2 Å². The maximum Gasteiger partial charge on any atom is 0.321 e. The van der Waals surface area contributed by atoms with Crippen LogP contribution in [-0.2, 0) is 11.3 Å². The first-order valence-corrected chi connectivity index (χ1v) is 11.6. The van der Waals surface area contributed by atoms with Crippen molar-refractivity contribution in [2.24, 2.45) is 0 Å². The molecule has 0 spiro atoms. The molecule has 3 amide bonds. The summed E-state index contributed by atoms with van der Waals surface area (Å²) >= 11 is 2.53. The van der Waals surface area contributed by atoms with Gasteiger partial charge in [0.05, 0.1) is 10.6 Å². The summed E-state index contributed by atoms with van der Waals surface area (Å²) in [6.45, 7) is 9.87. The average Bonchev–Trinajstić information content (AvgIpc) is 3.15. The van der Waals surface area contributed by atoms with E-state index in [1.165, 1.54) is 15.9 Å². The minimum absolute atomic E-state index is 0.180. The maximum absolute atomic E-state index is 13.4. The van der Waals surface area contributed by atoms with Crippen molar-refractivity contribution in [1.82, 2.24) is 20.2 Å². The Labute approximate surface area is 188 Å². The molecule has 0 saturated carbocycles. The largest absolute Gasteiger partial charge is 0.338 e. The van der Waals surface area contributed by atoms with Crippen LogP contribution in [0.25, 0.3) is 21.3 Å². The Morgan fingerprint density at radius 3 is 2.68 bits per heavy atom. The van der Waals surface area contributed by atoms with E-state index < -0.39 is 17.2 Å². The molecule has 1 atom stereocenters. The van der Waals surface area contributed by atoms with Gasteiger partial charge in [0.15, 0.2) is 5.16 Å². The molecule has 31 heavy (non-hydrogen) atoms. The molecular weight excluding hydrogens is 432 g/mol. The number of aryl methyl sites for hydroxylation is 1. The van der Waals surface area contributed by atoms with Gasteiger partial charge in [-0.2, -0.15) is 0 Å². The number of benzene rings is 1. The van der Waals surface area contributed by atoms with Crippen LogP contribution in [0.5, 0.6) is 0 Å². The van der Waals surface area contributed by atoms with Crippen LogP contribution in [0.3, 0.4) is 0 Å². The van der Waals surface area contributed by atoms with Crippen LogP contribution in [0, 0.1) is 6.92 Å². The molecule has 0 bridgehead atoms. The number of rotatable bonds is 7. The smallest absolute Gasteiger partial charge is 0.321 e. The number of carbonyl (C=O) groups excluding carboxylic acids is 2. The van der Waals surface area contributed by atoms with E-state index in [9.17, 15) is 14.4 Å². The first kappa shape index (κ1) is 22.8. The third kappa shape index (κ3) is 5.05. The number of fused-ring (bicyclic) bond motifs is 1. The number of urea groups is 1. The van der Waals surface area contributed by atoms with Crippen molar-refractivity contribution in [2.45, 2.75) is 37.7 Å². The van der Waals surface area contributed by atoms with Gasteiger partial charge in [-0.1, -0.05) is 47.7 Å².